The SMILES string of the molecule is N#Cc1cc(F)c(CNc2ccccc2C(=O)O)c(F)c1. The van der Waals surface area contributed by atoms with Crippen molar-refractivity contribution in [3.05, 3.63) is 64.7 Å². The highest BCUT2D eigenvalue weighted by Gasteiger charge is 2.13. The van der Waals surface area contributed by atoms with Crippen LogP contribution in [0.2, 0.25) is 0 Å². The van der Waals surface area contributed by atoms with Crippen molar-refractivity contribution in [2.75, 3.05) is 5.32 Å². The minimum absolute atomic E-state index is 0.00645. The highest BCUT2D eigenvalue weighted by molar-refractivity contribution is 5.94. The van der Waals surface area contributed by atoms with E-state index in [1.807, 2.05) is 0 Å². The zero-order valence-corrected chi connectivity index (χ0v) is 10.7. The number of rotatable bonds is 4. The summed E-state index contributed by atoms with van der Waals surface area (Å²) in [6.07, 6.45) is 0. The van der Waals surface area contributed by atoms with Crippen LogP contribution in [0.4, 0.5) is 14.5 Å². The molecule has 0 fully saturated rings. The van der Waals surface area contributed by atoms with Gasteiger partial charge in [0.1, 0.15) is 11.6 Å². The largest absolute Gasteiger partial charge is 0.478 e. The van der Waals surface area contributed by atoms with E-state index in [4.69, 9.17) is 10.4 Å². The Bertz CT molecular complexity index is 716. The summed E-state index contributed by atoms with van der Waals surface area (Å²) in [6, 6.07) is 9.58. The van der Waals surface area contributed by atoms with E-state index in [1.165, 1.54) is 12.1 Å². The van der Waals surface area contributed by atoms with Gasteiger partial charge in [-0.3, -0.25) is 0 Å². The third kappa shape index (κ3) is 3.15. The lowest BCUT2D eigenvalue weighted by molar-refractivity contribution is 0.0698. The predicted molar refractivity (Wildman–Crippen MR) is 71.8 cm³/mol. The predicted octanol–water partition coefficient (Wildman–Crippen LogP) is 3.15. The molecule has 2 rings (SSSR count). The van der Waals surface area contributed by atoms with Gasteiger partial charge in [-0.2, -0.15) is 5.26 Å². The van der Waals surface area contributed by atoms with Gasteiger partial charge in [0, 0.05) is 17.8 Å². The highest BCUT2D eigenvalue weighted by Crippen LogP contribution is 2.19. The third-order valence-electron chi connectivity index (χ3n) is 2.88. The zero-order chi connectivity index (χ0) is 15.4. The average molecular weight is 288 g/mol. The first-order valence-corrected chi connectivity index (χ1v) is 5.97. The summed E-state index contributed by atoms with van der Waals surface area (Å²) >= 11 is 0. The molecular weight excluding hydrogens is 278 g/mol. The lowest BCUT2D eigenvalue weighted by Crippen LogP contribution is -2.09. The second-order valence-electron chi connectivity index (χ2n) is 4.23. The van der Waals surface area contributed by atoms with Crippen molar-refractivity contribution >= 4 is 11.7 Å². The average Bonchev–Trinajstić information content (AvgIpc) is 2.46. The molecule has 0 unspecified atom stereocenters. The Morgan fingerprint density at radius 1 is 1.24 bits per heavy atom. The summed E-state index contributed by atoms with van der Waals surface area (Å²) in [6.45, 7) is -0.229. The normalized spacial score (nSPS) is 9.95. The van der Waals surface area contributed by atoms with Crippen molar-refractivity contribution in [1.82, 2.24) is 0 Å². The molecule has 2 aromatic carbocycles. The molecule has 0 aliphatic heterocycles. The van der Waals surface area contributed by atoms with Crippen molar-refractivity contribution in [3.8, 4) is 6.07 Å². The number of hydrogen-bond donors (Lipinski definition) is 2. The molecule has 0 aliphatic rings. The van der Waals surface area contributed by atoms with Gasteiger partial charge >= 0.3 is 5.97 Å². The van der Waals surface area contributed by atoms with Crippen LogP contribution in [-0.4, -0.2) is 11.1 Å². The topological polar surface area (TPSA) is 73.1 Å². The molecule has 0 aromatic heterocycles. The smallest absolute Gasteiger partial charge is 0.337 e. The molecule has 0 saturated carbocycles. The van der Waals surface area contributed by atoms with Crippen LogP contribution in [0, 0.1) is 23.0 Å². The molecule has 0 heterocycles. The number of nitrogens with zero attached hydrogens (tertiary/aromatic N) is 1. The first-order valence-electron chi connectivity index (χ1n) is 5.97. The summed E-state index contributed by atoms with van der Waals surface area (Å²) in [5.74, 6) is -2.85. The number of carboxylic acids is 1. The second kappa shape index (κ2) is 6.01. The Balaban J connectivity index is 2.26. The number of para-hydroxylation sites is 1. The van der Waals surface area contributed by atoms with E-state index in [0.29, 0.717) is 0 Å². The maximum absolute atomic E-state index is 13.7. The van der Waals surface area contributed by atoms with Crippen LogP contribution in [0.1, 0.15) is 21.5 Å². The Morgan fingerprint density at radius 2 is 1.86 bits per heavy atom. The van der Waals surface area contributed by atoms with Crippen molar-refractivity contribution in [1.29, 1.82) is 5.26 Å². The fourth-order valence-corrected chi connectivity index (χ4v) is 1.84. The van der Waals surface area contributed by atoms with Crippen molar-refractivity contribution in [2.45, 2.75) is 6.54 Å². The number of aromatic carboxylic acids is 1. The minimum Gasteiger partial charge on any atom is -0.478 e. The van der Waals surface area contributed by atoms with Gasteiger partial charge in [-0.1, -0.05) is 12.1 Å². The first kappa shape index (κ1) is 14.5. The Kier molecular flexibility index (Phi) is 4.14. The molecule has 2 N–H and O–H groups in total. The standard InChI is InChI=1S/C15H10F2N2O2/c16-12-5-9(7-18)6-13(17)11(12)8-19-14-4-2-1-3-10(14)15(20)21/h1-6,19H,8H2,(H,20,21). The highest BCUT2D eigenvalue weighted by atomic mass is 19.1. The summed E-state index contributed by atoms with van der Waals surface area (Å²) in [5, 5.41) is 20.3. The molecule has 2 aromatic rings. The van der Waals surface area contributed by atoms with Gasteiger partial charge in [-0.05, 0) is 24.3 Å². The minimum atomic E-state index is -1.14. The van der Waals surface area contributed by atoms with Gasteiger partial charge in [-0.15, -0.1) is 0 Å². The summed E-state index contributed by atoms with van der Waals surface area (Å²) in [7, 11) is 0. The summed E-state index contributed by atoms with van der Waals surface area (Å²) in [5.41, 5.74) is -0.103. The molecule has 0 atom stereocenters. The van der Waals surface area contributed by atoms with E-state index < -0.39 is 17.6 Å². The Hall–Kier alpha value is -2.94. The van der Waals surface area contributed by atoms with Crippen LogP contribution in [0.5, 0.6) is 0 Å². The molecule has 0 amide bonds. The van der Waals surface area contributed by atoms with Crippen LogP contribution in [0.15, 0.2) is 36.4 Å². The number of nitriles is 1. The lowest BCUT2D eigenvalue weighted by Gasteiger charge is -2.11. The monoisotopic (exact) mass is 288 g/mol. The lowest BCUT2D eigenvalue weighted by atomic mass is 10.1. The van der Waals surface area contributed by atoms with E-state index in [1.54, 1.807) is 18.2 Å². The zero-order valence-electron chi connectivity index (χ0n) is 10.7. The summed E-state index contributed by atoms with van der Waals surface area (Å²) in [4.78, 5) is 11.0. The van der Waals surface area contributed by atoms with Gasteiger partial charge in [0.15, 0.2) is 0 Å². The second-order valence-corrected chi connectivity index (χ2v) is 4.23. The fourth-order valence-electron chi connectivity index (χ4n) is 1.84. The fraction of sp³-hybridized carbons (Fsp3) is 0.0667. The number of nitrogens with one attached hydrogen (secondary N) is 1. The van der Waals surface area contributed by atoms with Crippen LogP contribution < -0.4 is 5.32 Å². The maximum Gasteiger partial charge on any atom is 0.337 e. The van der Waals surface area contributed by atoms with E-state index in [2.05, 4.69) is 5.32 Å². The van der Waals surface area contributed by atoms with E-state index in [-0.39, 0.29) is 28.9 Å². The van der Waals surface area contributed by atoms with E-state index in [9.17, 15) is 13.6 Å². The van der Waals surface area contributed by atoms with Crippen molar-refractivity contribution < 1.29 is 18.7 Å². The Morgan fingerprint density at radius 3 is 2.43 bits per heavy atom. The number of benzene rings is 2. The van der Waals surface area contributed by atoms with Gasteiger partial charge in [0.25, 0.3) is 0 Å². The van der Waals surface area contributed by atoms with Gasteiger partial charge < -0.3 is 10.4 Å². The number of halogens is 2. The van der Waals surface area contributed by atoms with Crippen LogP contribution in [-0.2, 0) is 6.54 Å². The molecule has 21 heavy (non-hydrogen) atoms. The van der Waals surface area contributed by atoms with Gasteiger partial charge in [0.05, 0.1) is 17.2 Å². The number of hydrogen-bond acceptors (Lipinski definition) is 3. The third-order valence-corrected chi connectivity index (χ3v) is 2.88. The molecule has 0 radical (unpaired) electrons. The van der Waals surface area contributed by atoms with Crippen LogP contribution in [0.3, 0.4) is 0 Å². The summed E-state index contributed by atoms with van der Waals surface area (Å²) < 4.78 is 27.4. The van der Waals surface area contributed by atoms with Crippen molar-refractivity contribution in [3.63, 3.8) is 0 Å². The molecule has 0 spiro atoms. The maximum atomic E-state index is 13.7. The number of carbonyl (C=O) groups is 1. The quantitative estimate of drug-likeness (QED) is 0.906. The molecule has 0 aliphatic carbocycles. The van der Waals surface area contributed by atoms with E-state index in [0.717, 1.165) is 12.1 Å². The molecule has 6 heteroatoms. The molecule has 0 saturated heterocycles. The van der Waals surface area contributed by atoms with E-state index >= 15 is 0 Å². The van der Waals surface area contributed by atoms with Crippen LogP contribution in [0.25, 0.3) is 0 Å². The number of carboxylic acid groups (broad SMARTS) is 1. The molecule has 106 valence electrons. The molecule has 0 bridgehead atoms. The first-order chi connectivity index (χ1) is 10.0. The molecule has 4 nitrogen and oxygen atoms in total. The Labute approximate surface area is 119 Å². The number of anilines is 1. The molecular formula is C15H10F2N2O2. The van der Waals surface area contributed by atoms with Gasteiger partial charge in [0.2, 0.25) is 0 Å². The van der Waals surface area contributed by atoms with Crippen LogP contribution >= 0.6 is 0 Å². The van der Waals surface area contributed by atoms with Gasteiger partial charge in [-0.25, -0.2) is 13.6 Å². The van der Waals surface area contributed by atoms with Crippen molar-refractivity contribution in [2.24, 2.45) is 0 Å².